The van der Waals surface area contributed by atoms with Crippen molar-refractivity contribution in [1.29, 1.82) is 0 Å². The number of nitrogens with one attached hydrogen (secondary N) is 1. The van der Waals surface area contributed by atoms with Crippen molar-refractivity contribution in [3.05, 3.63) is 0 Å². The molecule has 3 aliphatic rings. The Morgan fingerprint density at radius 3 is 2.26 bits per heavy atom. The van der Waals surface area contributed by atoms with Crippen molar-refractivity contribution in [2.24, 2.45) is 5.92 Å². The average Bonchev–Trinajstić information content (AvgIpc) is 2.76. The average molecular weight is 265 g/mol. The van der Waals surface area contributed by atoms with Crippen LogP contribution in [0, 0.1) is 5.92 Å². The molecule has 3 aliphatic heterocycles. The van der Waals surface area contributed by atoms with Gasteiger partial charge in [-0.3, -0.25) is 0 Å². The van der Waals surface area contributed by atoms with E-state index in [0.717, 1.165) is 44.7 Å². The molecule has 2 unspecified atom stereocenters. The van der Waals surface area contributed by atoms with Crippen LogP contribution in [0.1, 0.15) is 45.4 Å². The fourth-order valence-corrected chi connectivity index (χ4v) is 3.92. The maximum atomic E-state index is 12.6. The Labute approximate surface area is 116 Å². The molecule has 4 nitrogen and oxygen atoms in total. The number of hydrogen-bond acceptors (Lipinski definition) is 2. The molecule has 0 aromatic carbocycles. The van der Waals surface area contributed by atoms with Crippen molar-refractivity contribution in [3.63, 3.8) is 0 Å². The van der Waals surface area contributed by atoms with Crippen LogP contribution in [0.15, 0.2) is 0 Å². The van der Waals surface area contributed by atoms with Gasteiger partial charge in [0.15, 0.2) is 0 Å². The van der Waals surface area contributed by atoms with Gasteiger partial charge in [-0.05, 0) is 44.4 Å². The van der Waals surface area contributed by atoms with Gasteiger partial charge in [-0.1, -0.05) is 6.92 Å². The minimum atomic E-state index is 0.262. The Balaban J connectivity index is 1.57. The number of urea groups is 1. The number of rotatable bonds is 1. The highest BCUT2D eigenvalue weighted by Gasteiger charge is 2.37. The van der Waals surface area contributed by atoms with Crippen molar-refractivity contribution in [2.45, 2.75) is 63.6 Å². The van der Waals surface area contributed by atoms with Gasteiger partial charge in [-0.2, -0.15) is 0 Å². The second-order valence-electron chi connectivity index (χ2n) is 6.83. The number of amides is 2. The van der Waals surface area contributed by atoms with Crippen molar-refractivity contribution < 1.29 is 4.79 Å². The molecule has 3 fully saturated rings. The molecular formula is C15H27N3O. The minimum Gasteiger partial charge on any atom is -0.325 e. The summed E-state index contributed by atoms with van der Waals surface area (Å²) >= 11 is 0. The van der Waals surface area contributed by atoms with Crippen LogP contribution in [0.4, 0.5) is 4.79 Å². The number of carbonyl (C=O) groups excluding carboxylic acids is 1. The number of piperidine rings is 2. The van der Waals surface area contributed by atoms with E-state index in [1.54, 1.807) is 0 Å². The first kappa shape index (κ1) is 13.2. The SMILES string of the molecule is CC1CCN(C(=O)N(C)C2CC3CCC(C2)N3)CC1. The van der Waals surface area contributed by atoms with E-state index in [2.05, 4.69) is 17.1 Å². The van der Waals surface area contributed by atoms with Gasteiger partial charge < -0.3 is 15.1 Å². The highest BCUT2D eigenvalue weighted by molar-refractivity contribution is 5.74. The molecule has 3 rings (SSSR count). The Hall–Kier alpha value is -0.770. The zero-order valence-corrected chi connectivity index (χ0v) is 12.3. The van der Waals surface area contributed by atoms with Crippen molar-refractivity contribution in [1.82, 2.24) is 15.1 Å². The smallest absolute Gasteiger partial charge is 0.319 e. The number of nitrogens with zero attached hydrogens (tertiary/aromatic N) is 2. The largest absolute Gasteiger partial charge is 0.325 e. The van der Waals surface area contributed by atoms with E-state index in [9.17, 15) is 4.79 Å². The molecule has 2 amide bonds. The summed E-state index contributed by atoms with van der Waals surface area (Å²) in [4.78, 5) is 16.7. The van der Waals surface area contributed by atoms with Crippen molar-refractivity contribution in [2.75, 3.05) is 20.1 Å². The molecule has 3 saturated heterocycles. The zero-order valence-electron chi connectivity index (χ0n) is 12.3. The van der Waals surface area contributed by atoms with E-state index in [0.29, 0.717) is 18.1 Å². The molecule has 2 bridgehead atoms. The summed E-state index contributed by atoms with van der Waals surface area (Å²) in [5, 5.41) is 3.65. The van der Waals surface area contributed by atoms with Crippen LogP contribution in [0.25, 0.3) is 0 Å². The van der Waals surface area contributed by atoms with E-state index in [-0.39, 0.29) is 6.03 Å². The first-order valence-corrected chi connectivity index (χ1v) is 7.91. The van der Waals surface area contributed by atoms with Crippen molar-refractivity contribution >= 4 is 6.03 Å². The number of carbonyl (C=O) groups is 1. The van der Waals surface area contributed by atoms with Gasteiger partial charge in [0.25, 0.3) is 0 Å². The Kier molecular flexibility index (Phi) is 3.70. The van der Waals surface area contributed by atoms with Gasteiger partial charge in [-0.15, -0.1) is 0 Å². The summed E-state index contributed by atoms with van der Waals surface area (Å²) in [7, 11) is 2.01. The van der Waals surface area contributed by atoms with Gasteiger partial charge in [0.05, 0.1) is 0 Å². The van der Waals surface area contributed by atoms with Gasteiger partial charge in [-0.25, -0.2) is 4.79 Å². The van der Waals surface area contributed by atoms with Gasteiger partial charge in [0, 0.05) is 38.3 Å². The summed E-state index contributed by atoms with van der Waals surface area (Å²) < 4.78 is 0. The van der Waals surface area contributed by atoms with Gasteiger partial charge in [0.1, 0.15) is 0 Å². The summed E-state index contributed by atoms with van der Waals surface area (Å²) in [6.45, 7) is 4.18. The molecule has 3 heterocycles. The predicted octanol–water partition coefficient (Wildman–Crippen LogP) is 2.05. The fourth-order valence-electron chi connectivity index (χ4n) is 3.92. The normalized spacial score (nSPS) is 35.5. The monoisotopic (exact) mass is 265 g/mol. The van der Waals surface area contributed by atoms with E-state index in [1.807, 2.05) is 11.9 Å². The molecule has 4 heteroatoms. The lowest BCUT2D eigenvalue weighted by Gasteiger charge is -2.39. The third kappa shape index (κ3) is 2.73. The van der Waals surface area contributed by atoms with Crippen LogP contribution in [0.3, 0.4) is 0 Å². The summed E-state index contributed by atoms with van der Waals surface area (Å²) in [6.07, 6.45) is 7.20. The van der Waals surface area contributed by atoms with Gasteiger partial charge >= 0.3 is 6.03 Å². The third-order valence-corrected chi connectivity index (χ3v) is 5.35. The predicted molar refractivity (Wildman–Crippen MR) is 76.1 cm³/mol. The molecule has 0 saturated carbocycles. The second-order valence-corrected chi connectivity index (χ2v) is 6.83. The lowest BCUT2D eigenvalue weighted by molar-refractivity contribution is 0.115. The highest BCUT2D eigenvalue weighted by Crippen LogP contribution is 2.30. The van der Waals surface area contributed by atoms with Crippen LogP contribution < -0.4 is 5.32 Å². The maximum Gasteiger partial charge on any atom is 0.319 e. The van der Waals surface area contributed by atoms with Crippen LogP contribution >= 0.6 is 0 Å². The molecule has 19 heavy (non-hydrogen) atoms. The summed E-state index contributed by atoms with van der Waals surface area (Å²) in [5.74, 6) is 0.782. The zero-order chi connectivity index (χ0) is 13.4. The van der Waals surface area contributed by atoms with E-state index < -0.39 is 0 Å². The molecule has 1 N–H and O–H groups in total. The first-order chi connectivity index (χ1) is 9.13. The van der Waals surface area contributed by atoms with E-state index >= 15 is 0 Å². The van der Waals surface area contributed by atoms with E-state index in [1.165, 1.54) is 12.8 Å². The minimum absolute atomic E-state index is 0.262. The second kappa shape index (κ2) is 5.31. The Morgan fingerprint density at radius 1 is 1.11 bits per heavy atom. The molecular weight excluding hydrogens is 238 g/mol. The van der Waals surface area contributed by atoms with Crippen LogP contribution in [0.2, 0.25) is 0 Å². The molecule has 0 aromatic rings. The maximum absolute atomic E-state index is 12.6. The summed E-state index contributed by atoms with van der Waals surface area (Å²) in [5.41, 5.74) is 0. The fraction of sp³-hybridized carbons (Fsp3) is 0.933. The number of likely N-dealkylation sites (tertiary alicyclic amines) is 1. The number of fused-ring (bicyclic) bond motifs is 2. The summed E-state index contributed by atoms with van der Waals surface area (Å²) in [6, 6.07) is 2.02. The first-order valence-electron chi connectivity index (χ1n) is 7.91. The highest BCUT2D eigenvalue weighted by atomic mass is 16.2. The lowest BCUT2D eigenvalue weighted by atomic mass is 9.98. The number of hydrogen-bond donors (Lipinski definition) is 1. The van der Waals surface area contributed by atoms with Crippen LogP contribution in [-0.4, -0.2) is 54.1 Å². The standard InChI is InChI=1S/C15H27N3O/c1-11-5-7-18(8-6-11)15(19)17(2)14-9-12-3-4-13(10-14)16-12/h11-14,16H,3-10H2,1-2H3. The van der Waals surface area contributed by atoms with Crippen LogP contribution in [0.5, 0.6) is 0 Å². The Morgan fingerprint density at radius 2 is 1.68 bits per heavy atom. The quantitative estimate of drug-likeness (QED) is 0.787. The van der Waals surface area contributed by atoms with Gasteiger partial charge in [0.2, 0.25) is 0 Å². The topological polar surface area (TPSA) is 35.6 Å². The van der Waals surface area contributed by atoms with Crippen molar-refractivity contribution in [3.8, 4) is 0 Å². The molecule has 2 atom stereocenters. The molecule has 108 valence electrons. The van der Waals surface area contributed by atoms with Crippen LogP contribution in [-0.2, 0) is 0 Å². The molecule has 0 radical (unpaired) electrons. The molecule has 0 spiro atoms. The Bertz CT molecular complexity index is 326. The molecule has 0 aliphatic carbocycles. The lowest BCUT2D eigenvalue weighted by Crippen LogP contribution is -2.53. The third-order valence-electron chi connectivity index (χ3n) is 5.35. The van der Waals surface area contributed by atoms with E-state index in [4.69, 9.17) is 0 Å². The molecule has 0 aromatic heterocycles.